The molecule has 30 heavy (non-hydrogen) atoms. The molecule has 1 aliphatic carbocycles. The lowest BCUT2D eigenvalue weighted by atomic mass is 10.0. The molecule has 158 valence electrons. The Morgan fingerprint density at radius 3 is 2.60 bits per heavy atom. The maximum Gasteiger partial charge on any atom is 0.342 e. The highest BCUT2D eigenvalue weighted by molar-refractivity contribution is 7.90. The van der Waals surface area contributed by atoms with Crippen LogP contribution in [0, 0.1) is 0 Å². The zero-order valence-electron chi connectivity index (χ0n) is 17.2. The van der Waals surface area contributed by atoms with Crippen LogP contribution in [0.15, 0.2) is 35.7 Å². The van der Waals surface area contributed by atoms with Gasteiger partial charge in [0.25, 0.3) is 0 Å². The minimum atomic E-state index is -3.67. The highest BCUT2D eigenvalue weighted by Crippen LogP contribution is 2.45. The van der Waals surface area contributed by atoms with Crippen LogP contribution in [0.4, 0.5) is 0 Å². The van der Waals surface area contributed by atoms with Gasteiger partial charge in [0.05, 0.1) is 23.5 Å². The van der Waals surface area contributed by atoms with Crippen LogP contribution in [0.1, 0.15) is 48.5 Å². The van der Waals surface area contributed by atoms with E-state index in [9.17, 15) is 13.2 Å². The van der Waals surface area contributed by atoms with Crippen LogP contribution >= 0.6 is 0 Å². The monoisotopic (exact) mass is 429 g/mol. The Labute approximate surface area is 174 Å². The fourth-order valence-electron chi connectivity index (χ4n) is 3.51. The Morgan fingerprint density at radius 2 is 2.00 bits per heavy atom. The number of hydrogen-bond donors (Lipinski definition) is 0. The molecule has 0 unspecified atom stereocenters. The molecule has 1 aliphatic rings. The summed E-state index contributed by atoms with van der Waals surface area (Å²) in [5.74, 6) is -0.149. The van der Waals surface area contributed by atoms with Crippen molar-refractivity contribution in [1.82, 2.24) is 14.7 Å². The van der Waals surface area contributed by atoms with Gasteiger partial charge in [-0.15, -0.1) is 0 Å². The van der Waals surface area contributed by atoms with Crippen LogP contribution in [0.3, 0.4) is 0 Å². The first kappa shape index (κ1) is 20.3. The van der Waals surface area contributed by atoms with Crippen LogP contribution < -0.4 is 4.84 Å². The van der Waals surface area contributed by atoms with Crippen molar-refractivity contribution in [3.63, 3.8) is 0 Å². The van der Waals surface area contributed by atoms with Crippen molar-refractivity contribution in [2.24, 2.45) is 0 Å². The number of fused-ring (bicyclic) bond motifs is 1. The predicted molar refractivity (Wildman–Crippen MR) is 111 cm³/mol. The minimum absolute atomic E-state index is 0.100. The number of ether oxygens (including phenoxy) is 1. The van der Waals surface area contributed by atoms with Crippen LogP contribution in [-0.2, 0) is 14.6 Å². The van der Waals surface area contributed by atoms with E-state index in [4.69, 9.17) is 9.57 Å². The molecule has 9 heteroatoms. The number of rotatable bonds is 6. The van der Waals surface area contributed by atoms with Crippen molar-refractivity contribution in [2.45, 2.75) is 43.9 Å². The molecule has 1 saturated carbocycles. The van der Waals surface area contributed by atoms with E-state index in [1.807, 2.05) is 12.1 Å². The molecule has 0 spiro atoms. The smallest absolute Gasteiger partial charge is 0.342 e. The zero-order valence-corrected chi connectivity index (χ0v) is 18.1. The maximum atomic E-state index is 12.7. The van der Waals surface area contributed by atoms with Crippen molar-refractivity contribution in [1.29, 1.82) is 0 Å². The maximum absolute atomic E-state index is 12.7. The Kier molecular flexibility index (Phi) is 5.01. The van der Waals surface area contributed by atoms with Crippen LogP contribution in [0.5, 0.6) is 0 Å². The van der Waals surface area contributed by atoms with Crippen LogP contribution in [-0.4, -0.2) is 48.6 Å². The second kappa shape index (κ2) is 7.39. The number of carbonyl (C=O) groups excluding carboxylic acids is 1. The second-order valence-electron chi connectivity index (χ2n) is 7.71. The minimum Gasteiger partial charge on any atom is -0.459 e. The first-order chi connectivity index (χ1) is 14.2. The van der Waals surface area contributed by atoms with E-state index >= 15 is 0 Å². The number of carbonyl (C=O) groups is 1. The summed E-state index contributed by atoms with van der Waals surface area (Å²) in [5.41, 5.74) is 2.93. The van der Waals surface area contributed by atoms with Gasteiger partial charge >= 0.3 is 5.97 Å². The standard InChI is InChI=1S/C21H23N3O5S/c1-12(2)29-20(25)16-10-22-21(30(4,26)27)23-18(16)17-11-24(28-3)19-14(13-8-9-13)6-5-7-15(17)19/h5-7,10-13H,8-9H2,1-4H3. The number of sulfone groups is 1. The lowest BCUT2D eigenvalue weighted by Gasteiger charge is -2.11. The Balaban J connectivity index is 2.00. The summed E-state index contributed by atoms with van der Waals surface area (Å²) in [6.45, 7) is 3.48. The van der Waals surface area contributed by atoms with Crippen molar-refractivity contribution in [2.75, 3.05) is 13.4 Å². The molecular formula is C21H23N3O5S. The summed E-state index contributed by atoms with van der Waals surface area (Å²) < 4.78 is 31.1. The molecule has 2 aromatic heterocycles. The number of hydrogen-bond acceptors (Lipinski definition) is 7. The Morgan fingerprint density at radius 1 is 1.27 bits per heavy atom. The molecule has 4 rings (SSSR count). The van der Waals surface area contributed by atoms with Crippen molar-refractivity contribution >= 4 is 26.7 Å². The number of para-hydroxylation sites is 1. The van der Waals surface area contributed by atoms with E-state index in [-0.39, 0.29) is 22.5 Å². The molecule has 0 atom stereocenters. The summed E-state index contributed by atoms with van der Waals surface area (Å²) in [4.78, 5) is 26.4. The second-order valence-corrected chi connectivity index (χ2v) is 9.62. The number of benzene rings is 1. The molecule has 2 heterocycles. The van der Waals surface area contributed by atoms with E-state index in [0.717, 1.165) is 35.6 Å². The van der Waals surface area contributed by atoms with Gasteiger partial charge in [0.1, 0.15) is 12.7 Å². The van der Waals surface area contributed by atoms with Gasteiger partial charge in [0.15, 0.2) is 0 Å². The van der Waals surface area contributed by atoms with Gasteiger partial charge in [-0.2, -0.15) is 4.73 Å². The fraction of sp³-hybridized carbons (Fsp3) is 0.381. The Hall–Kier alpha value is -2.94. The quantitative estimate of drug-likeness (QED) is 0.439. The Bertz CT molecular complexity index is 1240. The lowest BCUT2D eigenvalue weighted by molar-refractivity contribution is 0.0377. The normalized spacial score (nSPS) is 14.3. The first-order valence-electron chi connectivity index (χ1n) is 9.67. The van der Waals surface area contributed by atoms with E-state index in [1.54, 1.807) is 31.9 Å². The van der Waals surface area contributed by atoms with Gasteiger partial charge in [-0.25, -0.2) is 23.2 Å². The van der Waals surface area contributed by atoms with E-state index < -0.39 is 15.8 Å². The van der Waals surface area contributed by atoms with Gasteiger partial charge in [0, 0.05) is 23.4 Å². The number of nitrogens with zero attached hydrogens (tertiary/aromatic N) is 3. The zero-order chi connectivity index (χ0) is 21.6. The summed E-state index contributed by atoms with van der Waals surface area (Å²) in [6, 6.07) is 5.92. The van der Waals surface area contributed by atoms with Gasteiger partial charge in [-0.3, -0.25) is 0 Å². The van der Waals surface area contributed by atoms with E-state index in [1.165, 1.54) is 6.20 Å². The predicted octanol–water partition coefficient (Wildman–Crippen LogP) is 3.00. The molecule has 0 saturated heterocycles. The van der Waals surface area contributed by atoms with Crippen LogP contribution in [0.25, 0.3) is 22.2 Å². The van der Waals surface area contributed by atoms with E-state index in [2.05, 4.69) is 16.0 Å². The third kappa shape index (κ3) is 3.65. The molecule has 1 aromatic carbocycles. The van der Waals surface area contributed by atoms with Gasteiger partial charge in [-0.1, -0.05) is 18.2 Å². The summed E-state index contributed by atoms with van der Waals surface area (Å²) in [7, 11) is -2.12. The van der Waals surface area contributed by atoms with Crippen LogP contribution in [0.2, 0.25) is 0 Å². The topological polar surface area (TPSA) is 100 Å². The largest absolute Gasteiger partial charge is 0.459 e. The average Bonchev–Trinajstić information content (AvgIpc) is 3.46. The lowest BCUT2D eigenvalue weighted by Crippen LogP contribution is -2.15. The molecule has 1 fully saturated rings. The molecule has 0 aliphatic heterocycles. The van der Waals surface area contributed by atoms with Crippen molar-refractivity contribution in [3.05, 3.63) is 41.7 Å². The number of esters is 1. The molecule has 0 N–H and O–H groups in total. The van der Waals surface area contributed by atoms with Crippen molar-refractivity contribution < 1.29 is 22.8 Å². The summed E-state index contributed by atoms with van der Waals surface area (Å²) in [5, 5.41) is 0.466. The van der Waals surface area contributed by atoms with Gasteiger partial charge < -0.3 is 9.57 Å². The fourth-order valence-corrected chi connectivity index (χ4v) is 4.01. The highest BCUT2D eigenvalue weighted by Gasteiger charge is 2.29. The SMILES string of the molecule is COn1cc(-c2nc(S(C)(=O)=O)ncc2C(=O)OC(C)C)c2cccc(C3CC3)c21. The third-order valence-corrected chi connectivity index (χ3v) is 5.81. The number of aromatic nitrogens is 3. The first-order valence-corrected chi connectivity index (χ1v) is 11.6. The molecule has 8 nitrogen and oxygen atoms in total. The molecule has 0 amide bonds. The van der Waals surface area contributed by atoms with Crippen molar-refractivity contribution in [3.8, 4) is 11.3 Å². The molecule has 0 radical (unpaired) electrons. The highest BCUT2D eigenvalue weighted by atomic mass is 32.2. The van der Waals surface area contributed by atoms with Gasteiger partial charge in [-0.05, 0) is 38.2 Å². The summed E-state index contributed by atoms with van der Waals surface area (Å²) >= 11 is 0. The third-order valence-electron chi connectivity index (χ3n) is 4.95. The summed E-state index contributed by atoms with van der Waals surface area (Å²) in [6.07, 6.45) is 5.84. The molecule has 0 bridgehead atoms. The molecular weight excluding hydrogens is 406 g/mol. The average molecular weight is 429 g/mol. The molecule has 3 aromatic rings. The van der Waals surface area contributed by atoms with E-state index in [0.29, 0.717) is 11.5 Å². The van der Waals surface area contributed by atoms with Gasteiger partial charge in [0.2, 0.25) is 15.0 Å².